The Morgan fingerprint density at radius 3 is 2.74 bits per heavy atom. The molecule has 0 bridgehead atoms. The van der Waals surface area contributed by atoms with Crippen LogP contribution in [0.25, 0.3) is 0 Å². The Morgan fingerprint density at radius 2 is 2.11 bits per heavy atom. The standard InChI is InChI=1S/C14H16N2O3/c17-12(16-14(13(18)19)5-1-6-14)10-2-3-11-9(8-10)4-7-15-11/h2-3,8,15H,1,4-7H2,(H,16,17)(H,18,19). The lowest BCUT2D eigenvalue weighted by Gasteiger charge is -2.38. The summed E-state index contributed by atoms with van der Waals surface area (Å²) in [4.78, 5) is 23.4. The quantitative estimate of drug-likeness (QED) is 0.767. The number of aliphatic carboxylic acids is 1. The molecule has 3 N–H and O–H groups in total. The summed E-state index contributed by atoms with van der Waals surface area (Å²) in [5.74, 6) is -1.23. The monoisotopic (exact) mass is 260 g/mol. The minimum absolute atomic E-state index is 0.295. The first kappa shape index (κ1) is 12.0. The average Bonchev–Trinajstić information content (AvgIpc) is 2.79. The highest BCUT2D eigenvalue weighted by Gasteiger charge is 2.45. The predicted octanol–water partition coefficient (Wildman–Crippen LogP) is 1.39. The molecule has 1 heterocycles. The van der Waals surface area contributed by atoms with Crippen molar-refractivity contribution < 1.29 is 14.7 Å². The highest BCUT2D eigenvalue weighted by atomic mass is 16.4. The van der Waals surface area contributed by atoms with Crippen molar-refractivity contribution >= 4 is 17.6 Å². The number of nitrogens with one attached hydrogen (secondary N) is 2. The fourth-order valence-corrected chi connectivity index (χ4v) is 2.66. The predicted molar refractivity (Wildman–Crippen MR) is 70.3 cm³/mol. The molecule has 1 aliphatic carbocycles. The second kappa shape index (κ2) is 4.26. The molecule has 1 aliphatic heterocycles. The van der Waals surface area contributed by atoms with Crippen molar-refractivity contribution in [3.8, 4) is 0 Å². The molecule has 0 unspecified atom stereocenters. The summed E-state index contributed by atoms with van der Waals surface area (Å²) in [6.45, 7) is 0.888. The lowest BCUT2D eigenvalue weighted by Crippen LogP contribution is -2.59. The number of benzene rings is 1. The molecule has 100 valence electrons. The first-order chi connectivity index (χ1) is 9.11. The molecule has 5 heteroatoms. The third kappa shape index (κ3) is 1.95. The van der Waals surface area contributed by atoms with Gasteiger partial charge in [0.1, 0.15) is 5.54 Å². The van der Waals surface area contributed by atoms with Crippen molar-refractivity contribution in [1.29, 1.82) is 0 Å². The fourth-order valence-electron chi connectivity index (χ4n) is 2.66. The molecule has 0 atom stereocenters. The Kier molecular flexibility index (Phi) is 2.69. The van der Waals surface area contributed by atoms with E-state index in [2.05, 4.69) is 10.6 Å². The van der Waals surface area contributed by atoms with Gasteiger partial charge in [-0.25, -0.2) is 4.79 Å². The SMILES string of the molecule is O=C(NC1(C(=O)O)CCC1)c1ccc2c(c1)CCN2. The van der Waals surface area contributed by atoms with Crippen molar-refractivity contribution in [2.24, 2.45) is 0 Å². The second-order valence-corrected chi connectivity index (χ2v) is 5.24. The topological polar surface area (TPSA) is 78.4 Å². The van der Waals surface area contributed by atoms with Crippen LogP contribution in [0.3, 0.4) is 0 Å². The van der Waals surface area contributed by atoms with E-state index in [0.717, 1.165) is 30.6 Å². The van der Waals surface area contributed by atoms with E-state index in [0.29, 0.717) is 18.4 Å². The first-order valence-electron chi connectivity index (χ1n) is 6.53. The molecule has 19 heavy (non-hydrogen) atoms. The van der Waals surface area contributed by atoms with Crippen molar-refractivity contribution in [3.05, 3.63) is 29.3 Å². The molecule has 1 saturated carbocycles. The summed E-state index contributed by atoms with van der Waals surface area (Å²) in [5.41, 5.74) is 1.67. The van der Waals surface area contributed by atoms with Gasteiger partial charge in [0.15, 0.2) is 0 Å². The van der Waals surface area contributed by atoms with Crippen molar-refractivity contribution in [2.75, 3.05) is 11.9 Å². The maximum Gasteiger partial charge on any atom is 0.329 e. The van der Waals surface area contributed by atoms with Gasteiger partial charge in [-0.05, 0) is 49.4 Å². The average molecular weight is 260 g/mol. The van der Waals surface area contributed by atoms with E-state index in [1.54, 1.807) is 6.07 Å². The van der Waals surface area contributed by atoms with Gasteiger partial charge >= 0.3 is 5.97 Å². The number of fused-ring (bicyclic) bond motifs is 1. The van der Waals surface area contributed by atoms with Crippen molar-refractivity contribution in [1.82, 2.24) is 5.32 Å². The summed E-state index contributed by atoms with van der Waals surface area (Å²) >= 11 is 0. The van der Waals surface area contributed by atoms with Crippen molar-refractivity contribution in [3.63, 3.8) is 0 Å². The van der Waals surface area contributed by atoms with E-state index >= 15 is 0 Å². The van der Waals surface area contributed by atoms with E-state index < -0.39 is 11.5 Å². The maximum atomic E-state index is 12.2. The third-order valence-electron chi connectivity index (χ3n) is 4.05. The molecule has 3 rings (SSSR count). The number of hydrogen-bond acceptors (Lipinski definition) is 3. The zero-order chi connectivity index (χ0) is 13.5. The van der Waals surface area contributed by atoms with Gasteiger partial charge in [0.25, 0.3) is 5.91 Å². The van der Waals surface area contributed by atoms with Gasteiger partial charge in [-0.15, -0.1) is 0 Å². The molecular weight excluding hydrogens is 244 g/mol. The highest BCUT2D eigenvalue weighted by Crippen LogP contribution is 2.32. The van der Waals surface area contributed by atoms with Gasteiger partial charge in [-0.3, -0.25) is 4.79 Å². The van der Waals surface area contributed by atoms with E-state index in [1.807, 2.05) is 12.1 Å². The molecule has 2 aliphatic rings. The lowest BCUT2D eigenvalue weighted by atomic mass is 9.76. The first-order valence-corrected chi connectivity index (χ1v) is 6.53. The molecular formula is C14H16N2O3. The number of anilines is 1. The van der Waals surface area contributed by atoms with Crippen LogP contribution in [0.4, 0.5) is 5.69 Å². The number of carboxylic acid groups (broad SMARTS) is 1. The van der Waals surface area contributed by atoms with Crippen molar-refractivity contribution in [2.45, 2.75) is 31.2 Å². The number of hydrogen-bond donors (Lipinski definition) is 3. The van der Waals surface area contributed by atoms with Crippen LogP contribution >= 0.6 is 0 Å². The Bertz CT molecular complexity index is 550. The molecule has 0 spiro atoms. The van der Waals surface area contributed by atoms with Crippen LogP contribution in [-0.4, -0.2) is 29.1 Å². The zero-order valence-electron chi connectivity index (χ0n) is 10.5. The Balaban J connectivity index is 1.79. The number of carbonyl (C=O) groups is 2. The van der Waals surface area contributed by atoms with Gasteiger partial charge in [0.2, 0.25) is 0 Å². The van der Waals surface area contributed by atoms with E-state index in [4.69, 9.17) is 0 Å². The smallest absolute Gasteiger partial charge is 0.329 e. The molecule has 1 amide bonds. The van der Waals surface area contributed by atoms with Crippen LogP contribution in [0.15, 0.2) is 18.2 Å². The number of carboxylic acids is 1. The summed E-state index contributed by atoms with van der Waals surface area (Å²) in [6.07, 6.45) is 2.78. The van der Waals surface area contributed by atoms with E-state index in [-0.39, 0.29) is 5.91 Å². The highest BCUT2D eigenvalue weighted by molar-refractivity contribution is 5.98. The van der Waals surface area contributed by atoms with Gasteiger partial charge < -0.3 is 15.7 Å². The summed E-state index contributed by atoms with van der Waals surface area (Å²) in [5, 5.41) is 15.1. The molecule has 1 aromatic carbocycles. The molecule has 1 fully saturated rings. The Hall–Kier alpha value is -2.04. The van der Waals surface area contributed by atoms with Crippen LogP contribution in [0.5, 0.6) is 0 Å². The van der Waals surface area contributed by atoms with Gasteiger partial charge in [0.05, 0.1) is 0 Å². The largest absolute Gasteiger partial charge is 0.480 e. The zero-order valence-corrected chi connectivity index (χ0v) is 10.5. The van der Waals surface area contributed by atoms with E-state index in [1.165, 1.54) is 0 Å². The number of amides is 1. The van der Waals surface area contributed by atoms with Crippen LogP contribution in [0.1, 0.15) is 35.2 Å². The van der Waals surface area contributed by atoms with E-state index in [9.17, 15) is 14.7 Å². The number of rotatable bonds is 3. The minimum atomic E-state index is -1.05. The summed E-state index contributed by atoms with van der Waals surface area (Å²) < 4.78 is 0. The van der Waals surface area contributed by atoms with Gasteiger partial charge in [0, 0.05) is 17.8 Å². The lowest BCUT2D eigenvalue weighted by molar-refractivity contribution is -0.148. The minimum Gasteiger partial charge on any atom is -0.480 e. The van der Waals surface area contributed by atoms with Crippen LogP contribution in [0, 0.1) is 0 Å². The van der Waals surface area contributed by atoms with Gasteiger partial charge in [-0.2, -0.15) is 0 Å². The summed E-state index contributed by atoms with van der Waals surface area (Å²) in [6, 6.07) is 5.46. The number of carbonyl (C=O) groups excluding carboxylic acids is 1. The molecule has 1 aromatic rings. The van der Waals surface area contributed by atoms with Crippen LogP contribution < -0.4 is 10.6 Å². The second-order valence-electron chi connectivity index (χ2n) is 5.24. The third-order valence-corrected chi connectivity index (χ3v) is 4.05. The normalized spacial score (nSPS) is 18.9. The van der Waals surface area contributed by atoms with Crippen LogP contribution in [0.2, 0.25) is 0 Å². The molecule has 0 aromatic heterocycles. The van der Waals surface area contributed by atoms with Gasteiger partial charge in [-0.1, -0.05) is 0 Å². The molecule has 5 nitrogen and oxygen atoms in total. The Labute approximate surface area is 111 Å². The summed E-state index contributed by atoms with van der Waals surface area (Å²) in [7, 11) is 0. The van der Waals surface area contributed by atoms with Crippen LogP contribution in [-0.2, 0) is 11.2 Å². The fraction of sp³-hybridized carbons (Fsp3) is 0.429. The molecule has 0 saturated heterocycles. The molecule has 0 radical (unpaired) electrons. The maximum absolute atomic E-state index is 12.2. The Morgan fingerprint density at radius 1 is 1.32 bits per heavy atom.